The first-order valence-electron chi connectivity index (χ1n) is 9.03. The van der Waals surface area contributed by atoms with Gasteiger partial charge in [-0.3, -0.25) is 9.89 Å². The zero-order chi connectivity index (χ0) is 16.6. The molecule has 1 rings (SSSR count). The maximum Gasteiger partial charge on any atom is 0.194 e. The molecule has 0 aromatic heterocycles. The Hall–Kier alpha value is -0.810. The summed E-state index contributed by atoms with van der Waals surface area (Å²) in [5.41, 5.74) is -0.668. The van der Waals surface area contributed by atoms with Crippen LogP contribution in [0.3, 0.4) is 0 Å². The molecular formula is C17H36N4O. The zero-order valence-electron chi connectivity index (χ0n) is 15.2. The summed E-state index contributed by atoms with van der Waals surface area (Å²) in [6.07, 6.45) is 2.68. The van der Waals surface area contributed by atoms with Crippen LogP contribution in [0.5, 0.6) is 0 Å². The maximum atomic E-state index is 10.4. The lowest BCUT2D eigenvalue weighted by atomic mass is 9.98. The first-order chi connectivity index (χ1) is 10.5. The topological polar surface area (TPSA) is 51.1 Å². The van der Waals surface area contributed by atoms with Crippen LogP contribution < -0.4 is 5.32 Å². The molecule has 0 aliphatic carbocycles. The number of aliphatic imine (C=N–C) groups is 1. The monoisotopic (exact) mass is 312 g/mol. The molecule has 0 spiro atoms. The van der Waals surface area contributed by atoms with Crippen LogP contribution in [0.2, 0.25) is 0 Å². The molecule has 130 valence electrons. The Balaban J connectivity index is 2.71. The van der Waals surface area contributed by atoms with Crippen LogP contribution in [0.1, 0.15) is 53.9 Å². The summed E-state index contributed by atoms with van der Waals surface area (Å²) in [6.45, 7) is 16.2. The van der Waals surface area contributed by atoms with E-state index in [1.807, 2.05) is 13.8 Å². The Kier molecular flexibility index (Phi) is 8.18. The third-order valence-electron chi connectivity index (χ3n) is 4.97. The normalized spacial score (nSPS) is 20.0. The van der Waals surface area contributed by atoms with Crippen LogP contribution in [0.15, 0.2) is 4.99 Å². The van der Waals surface area contributed by atoms with Gasteiger partial charge < -0.3 is 15.3 Å². The van der Waals surface area contributed by atoms with Crippen molar-refractivity contribution in [3.63, 3.8) is 0 Å². The highest BCUT2D eigenvalue weighted by atomic mass is 16.3. The molecule has 1 atom stereocenters. The fraction of sp³-hybridized carbons (Fsp3) is 0.941. The highest BCUT2D eigenvalue weighted by Crippen LogP contribution is 2.18. The summed E-state index contributed by atoms with van der Waals surface area (Å²) in [5, 5.41) is 13.8. The van der Waals surface area contributed by atoms with Crippen LogP contribution in [0.25, 0.3) is 0 Å². The Morgan fingerprint density at radius 2 is 1.86 bits per heavy atom. The number of hydrogen-bond donors (Lipinski definition) is 2. The van der Waals surface area contributed by atoms with Gasteiger partial charge in [-0.2, -0.15) is 0 Å². The van der Waals surface area contributed by atoms with E-state index in [2.05, 4.69) is 35.9 Å². The van der Waals surface area contributed by atoms with E-state index >= 15 is 0 Å². The van der Waals surface area contributed by atoms with E-state index in [1.165, 1.54) is 6.42 Å². The number of aliphatic hydroxyl groups is 1. The second kappa shape index (κ2) is 9.36. The maximum absolute atomic E-state index is 10.4. The van der Waals surface area contributed by atoms with E-state index in [1.54, 1.807) is 0 Å². The second-order valence-electron chi connectivity index (χ2n) is 6.21. The van der Waals surface area contributed by atoms with Crippen LogP contribution in [-0.2, 0) is 0 Å². The number of hydrogen-bond acceptors (Lipinski definition) is 3. The second-order valence-corrected chi connectivity index (χ2v) is 6.21. The molecule has 1 saturated heterocycles. The molecule has 0 aromatic rings. The lowest BCUT2D eigenvalue weighted by Crippen LogP contribution is -2.44. The van der Waals surface area contributed by atoms with E-state index in [0.29, 0.717) is 12.6 Å². The molecule has 0 radical (unpaired) electrons. The third-order valence-corrected chi connectivity index (χ3v) is 4.97. The Morgan fingerprint density at radius 3 is 2.36 bits per heavy atom. The molecule has 1 aliphatic rings. The standard InChI is InChI=1S/C17H36N4O/c1-6-17(22,7-2)14-19-16(18-8-3)21-12-11-15(13-21)20(9-4)10-5/h15,22H,6-14H2,1-5H3,(H,18,19). The van der Waals surface area contributed by atoms with Crippen molar-refractivity contribution in [2.24, 2.45) is 4.99 Å². The van der Waals surface area contributed by atoms with Crippen molar-refractivity contribution in [3.8, 4) is 0 Å². The van der Waals surface area contributed by atoms with E-state index in [9.17, 15) is 5.11 Å². The molecule has 5 heteroatoms. The van der Waals surface area contributed by atoms with E-state index in [-0.39, 0.29) is 0 Å². The van der Waals surface area contributed by atoms with Crippen molar-refractivity contribution in [1.82, 2.24) is 15.1 Å². The molecule has 5 nitrogen and oxygen atoms in total. The van der Waals surface area contributed by atoms with Gasteiger partial charge in [0.1, 0.15) is 0 Å². The van der Waals surface area contributed by atoms with Gasteiger partial charge in [0.25, 0.3) is 0 Å². The number of likely N-dealkylation sites (N-methyl/N-ethyl adjacent to an activating group) is 1. The van der Waals surface area contributed by atoms with Crippen molar-refractivity contribution in [2.45, 2.75) is 65.5 Å². The molecule has 0 saturated carbocycles. The number of likely N-dealkylation sites (tertiary alicyclic amines) is 1. The lowest BCUT2D eigenvalue weighted by molar-refractivity contribution is 0.0416. The van der Waals surface area contributed by atoms with Crippen LogP contribution >= 0.6 is 0 Å². The Labute approximate surface area is 136 Å². The summed E-state index contributed by atoms with van der Waals surface area (Å²) in [6, 6.07) is 0.620. The molecule has 0 amide bonds. The van der Waals surface area contributed by atoms with E-state index < -0.39 is 5.60 Å². The molecular weight excluding hydrogens is 276 g/mol. The SMILES string of the molecule is CCNC(=NCC(O)(CC)CC)N1CCC(N(CC)CC)C1. The predicted octanol–water partition coefficient (Wildman–Crippen LogP) is 1.92. The third kappa shape index (κ3) is 5.13. The summed E-state index contributed by atoms with van der Waals surface area (Å²) in [7, 11) is 0. The van der Waals surface area contributed by atoms with Gasteiger partial charge in [0.15, 0.2) is 5.96 Å². The molecule has 22 heavy (non-hydrogen) atoms. The number of nitrogens with zero attached hydrogens (tertiary/aromatic N) is 3. The molecule has 1 unspecified atom stereocenters. The van der Waals surface area contributed by atoms with Gasteiger partial charge in [-0.1, -0.05) is 27.7 Å². The van der Waals surface area contributed by atoms with Crippen molar-refractivity contribution in [1.29, 1.82) is 0 Å². The predicted molar refractivity (Wildman–Crippen MR) is 94.4 cm³/mol. The van der Waals surface area contributed by atoms with Gasteiger partial charge in [-0.05, 0) is 39.3 Å². The molecule has 1 heterocycles. The van der Waals surface area contributed by atoms with E-state index in [4.69, 9.17) is 4.99 Å². The van der Waals surface area contributed by atoms with Gasteiger partial charge in [-0.25, -0.2) is 0 Å². The number of rotatable bonds is 8. The summed E-state index contributed by atoms with van der Waals surface area (Å²) < 4.78 is 0. The quantitative estimate of drug-likeness (QED) is 0.531. The van der Waals surface area contributed by atoms with Crippen LogP contribution in [-0.4, -0.2) is 71.8 Å². The summed E-state index contributed by atoms with van der Waals surface area (Å²) in [4.78, 5) is 9.59. The average Bonchev–Trinajstić information content (AvgIpc) is 3.02. The van der Waals surface area contributed by atoms with Crippen molar-refractivity contribution < 1.29 is 5.11 Å². The summed E-state index contributed by atoms with van der Waals surface area (Å²) in [5.74, 6) is 0.956. The highest BCUT2D eigenvalue weighted by molar-refractivity contribution is 5.80. The fourth-order valence-electron chi connectivity index (χ4n) is 3.09. The van der Waals surface area contributed by atoms with Gasteiger partial charge in [0.2, 0.25) is 0 Å². The smallest absolute Gasteiger partial charge is 0.194 e. The molecule has 2 N–H and O–H groups in total. The van der Waals surface area contributed by atoms with Gasteiger partial charge >= 0.3 is 0 Å². The van der Waals surface area contributed by atoms with Gasteiger partial charge in [0.05, 0.1) is 12.1 Å². The van der Waals surface area contributed by atoms with Gasteiger partial charge in [-0.15, -0.1) is 0 Å². The largest absolute Gasteiger partial charge is 0.388 e. The first-order valence-corrected chi connectivity index (χ1v) is 9.03. The first kappa shape index (κ1) is 19.2. The average molecular weight is 313 g/mol. The number of nitrogens with one attached hydrogen (secondary N) is 1. The lowest BCUT2D eigenvalue weighted by Gasteiger charge is -2.28. The Morgan fingerprint density at radius 1 is 1.23 bits per heavy atom. The molecule has 0 aromatic carbocycles. The summed E-state index contributed by atoms with van der Waals surface area (Å²) >= 11 is 0. The minimum atomic E-state index is -0.668. The molecule has 1 fully saturated rings. The minimum Gasteiger partial charge on any atom is -0.388 e. The fourth-order valence-corrected chi connectivity index (χ4v) is 3.09. The van der Waals surface area contributed by atoms with Gasteiger partial charge in [0, 0.05) is 25.7 Å². The van der Waals surface area contributed by atoms with Crippen LogP contribution in [0, 0.1) is 0 Å². The van der Waals surface area contributed by atoms with Crippen LogP contribution in [0.4, 0.5) is 0 Å². The molecule has 0 bridgehead atoms. The van der Waals surface area contributed by atoms with Crippen molar-refractivity contribution >= 4 is 5.96 Å². The minimum absolute atomic E-state index is 0.481. The Bertz CT molecular complexity index is 338. The van der Waals surface area contributed by atoms with E-state index in [0.717, 1.165) is 51.5 Å². The number of guanidine groups is 1. The van der Waals surface area contributed by atoms with Crippen molar-refractivity contribution in [3.05, 3.63) is 0 Å². The highest BCUT2D eigenvalue weighted by Gasteiger charge is 2.29. The molecule has 1 aliphatic heterocycles. The van der Waals surface area contributed by atoms with Crippen molar-refractivity contribution in [2.75, 3.05) is 39.3 Å². The zero-order valence-corrected chi connectivity index (χ0v) is 15.2.